The molecule has 3 N–H and O–H groups in total. The number of piperidine rings is 1. The van der Waals surface area contributed by atoms with Gasteiger partial charge in [0, 0.05) is 33.6 Å². The molecule has 2 aliphatic heterocycles. The summed E-state index contributed by atoms with van der Waals surface area (Å²) in [6.45, 7) is 6.84. The number of aromatic nitrogens is 4. The van der Waals surface area contributed by atoms with E-state index in [2.05, 4.69) is 4.98 Å². The van der Waals surface area contributed by atoms with Crippen LogP contribution >= 0.6 is 12.4 Å². The highest BCUT2D eigenvalue weighted by Crippen LogP contribution is 2.44. The van der Waals surface area contributed by atoms with Crippen LogP contribution in [0.2, 0.25) is 0 Å². The third kappa shape index (κ3) is 4.19. The number of aliphatic hydroxyl groups is 1. The van der Waals surface area contributed by atoms with E-state index in [4.69, 9.17) is 10.5 Å². The molecule has 2 fully saturated rings. The topological polar surface area (TPSA) is 138 Å². The lowest BCUT2D eigenvalue weighted by Crippen LogP contribution is -2.59. The summed E-state index contributed by atoms with van der Waals surface area (Å²) in [4.78, 5) is 43.8. The van der Waals surface area contributed by atoms with Crippen molar-refractivity contribution >= 4 is 29.5 Å². The van der Waals surface area contributed by atoms with Crippen LogP contribution in [0.15, 0.2) is 15.9 Å². The molecule has 12 heteroatoms. The number of nitrogens with two attached hydrogens (primary N) is 1. The number of carbonyl (C=O) groups is 1. The number of likely N-dealkylation sites (tertiary alicyclic amines) is 1. The van der Waals surface area contributed by atoms with Crippen LogP contribution in [-0.2, 0) is 23.6 Å². The van der Waals surface area contributed by atoms with Crippen LogP contribution in [-0.4, -0.2) is 71.5 Å². The Balaban J connectivity index is 0.00000324. The average molecular weight is 499 g/mol. The Labute approximate surface area is 203 Å². The van der Waals surface area contributed by atoms with Gasteiger partial charge in [-0.15, -0.1) is 12.4 Å². The maximum atomic E-state index is 12.9. The summed E-state index contributed by atoms with van der Waals surface area (Å²) in [6, 6.07) is -1.07. The van der Waals surface area contributed by atoms with E-state index < -0.39 is 34.5 Å². The van der Waals surface area contributed by atoms with E-state index in [0.717, 1.165) is 4.57 Å². The number of nitrogens with zero attached hydrogens (tertiary/aromatic N) is 5. The molecule has 0 aliphatic carbocycles. The van der Waals surface area contributed by atoms with Crippen LogP contribution < -0.4 is 17.0 Å². The minimum Gasteiger partial charge on any atom is -0.388 e. The normalized spacial score (nSPS) is 25.5. The summed E-state index contributed by atoms with van der Waals surface area (Å²) in [5.74, 6) is 0.0182. The molecular weight excluding hydrogens is 464 g/mol. The number of fused-ring (bicyclic) bond motifs is 1. The third-order valence-electron chi connectivity index (χ3n) is 7.44. The highest BCUT2D eigenvalue weighted by molar-refractivity contribution is 5.85. The van der Waals surface area contributed by atoms with Gasteiger partial charge in [-0.3, -0.25) is 18.7 Å². The molecule has 0 saturated carbocycles. The van der Waals surface area contributed by atoms with Gasteiger partial charge in [-0.2, -0.15) is 0 Å². The predicted octanol–water partition coefficient (Wildman–Crippen LogP) is -0.0876. The Morgan fingerprint density at radius 2 is 1.85 bits per heavy atom. The zero-order valence-electron chi connectivity index (χ0n) is 20.4. The number of hydrogen-bond acceptors (Lipinski definition) is 7. The molecule has 2 aromatic heterocycles. The van der Waals surface area contributed by atoms with Crippen LogP contribution in [0, 0.1) is 5.92 Å². The lowest BCUT2D eigenvalue weighted by Gasteiger charge is -2.51. The number of amides is 1. The third-order valence-corrected chi connectivity index (χ3v) is 7.44. The molecule has 4 heterocycles. The summed E-state index contributed by atoms with van der Waals surface area (Å²) in [7, 11) is 2.98. The Bertz CT molecular complexity index is 1190. The summed E-state index contributed by atoms with van der Waals surface area (Å²) in [5, 5.41) is 11.5. The second-order valence-corrected chi connectivity index (χ2v) is 10.2. The number of rotatable bonds is 3. The van der Waals surface area contributed by atoms with E-state index in [1.807, 2.05) is 13.8 Å². The van der Waals surface area contributed by atoms with E-state index in [0.29, 0.717) is 32.4 Å². The van der Waals surface area contributed by atoms with Crippen LogP contribution in [0.1, 0.15) is 46.1 Å². The molecule has 1 spiro atoms. The van der Waals surface area contributed by atoms with Gasteiger partial charge in [-0.1, -0.05) is 13.8 Å². The van der Waals surface area contributed by atoms with Crippen molar-refractivity contribution in [2.75, 3.05) is 19.7 Å². The molecule has 0 radical (unpaired) electrons. The summed E-state index contributed by atoms with van der Waals surface area (Å²) < 4.78 is 10.3. The van der Waals surface area contributed by atoms with Crippen molar-refractivity contribution in [1.29, 1.82) is 0 Å². The molecule has 11 nitrogen and oxygen atoms in total. The summed E-state index contributed by atoms with van der Waals surface area (Å²) >= 11 is 0. The Morgan fingerprint density at radius 3 is 2.41 bits per heavy atom. The number of aryl methyl sites for hydroxylation is 1. The maximum absolute atomic E-state index is 12.9. The maximum Gasteiger partial charge on any atom is 0.332 e. The minimum atomic E-state index is -1.19. The molecule has 34 heavy (non-hydrogen) atoms. The van der Waals surface area contributed by atoms with E-state index in [9.17, 15) is 19.5 Å². The Kier molecular flexibility index (Phi) is 7.07. The Hall–Kier alpha value is -2.21. The predicted molar refractivity (Wildman–Crippen MR) is 129 cm³/mol. The highest BCUT2D eigenvalue weighted by atomic mass is 35.5. The van der Waals surface area contributed by atoms with Gasteiger partial charge in [0.15, 0.2) is 11.2 Å². The van der Waals surface area contributed by atoms with Gasteiger partial charge in [-0.05, 0) is 25.7 Å². The second-order valence-electron chi connectivity index (χ2n) is 10.2. The SMILES string of the molecule is CC(C)[C@@H](N)C(=O)N1CCC2(CC1)C[C@@](C)(O)[C@H](n1cnc3c1c(=O)n(C)c(=O)n3C)CO2.Cl. The van der Waals surface area contributed by atoms with Crippen molar-refractivity contribution in [3.63, 3.8) is 0 Å². The second kappa shape index (κ2) is 9.10. The molecule has 1 amide bonds. The fourth-order valence-corrected chi connectivity index (χ4v) is 5.19. The molecule has 190 valence electrons. The molecule has 0 aromatic carbocycles. The Morgan fingerprint density at radius 1 is 1.24 bits per heavy atom. The first-order chi connectivity index (χ1) is 15.4. The van der Waals surface area contributed by atoms with Crippen molar-refractivity contribution in [2.45, 2.75) is 63.3 Å². The number of hydrogen-bond donors (Lipinski definition) is 2. The van der Waals surface area contributed by atoms with Gasteiger partial charge in [0.05, 0.1) is 36.2 Å². The van der Waals surface area contributed by atoms with Crippen LogP contribution in [0.4, 0.5) is 0 Å². The van der Waals surface area contributed by atoms with Gasteiger partial charge in [0.1, 0.15) is 0 Å². The fourth-order valence-electron chi connectivity index (χ4n) is 5.19. The van der Waals surface area contributed by atoms with E-state index >= 15 is 0 Å². The lowest BCUT2D eigenvalue weighted by atomic mass is 9.75. The first kappa shape index (κ1) is 26.4. The van der Waals surface area contributed by atoms with Crippen molar-refractivity contribution < 1.29 is 14.6 Å². The average Bonchev–Trinajstić information content (AvgIpc) is 3.20. The molecule has 2 saturated heterocycles. The van der Waals surface area contributed by atoms with Gasteiger partial charge in [0.2, 0.25) is 5.91 Å². The minimum absolute atomic E-state index is 0. The van der Waals surface area contributed by atoms with Crippen molar-refractivity contribution in [3.05, 3.63) is 27.2 Å². The molecule has 2 aliphatic rings. The standard InChI is InChI=1S/C22H34N6O5.ClH/c1-13(2)15(23)18(29)27-8-6-22(7-9-27)11-21(3,32)14(10-33-22)28-12-24-17-16(28)19(30)26(5)20(31)25(17)4;/h12-15,32H,6-11,23H2,1-5H3;1H/t14-,15-,21-;/m1./s1. The molecule has 4 rings (SSSR count). The summed E-state index contributed by atoms with van der Waals surface area (Å²) in [5.41, 5.74) is 3.92. The number of halogens is 1. The molecular formula is C22H35ClN6O5. The van der Waals surface area contributed by atoms with E-state index in [-0.39, 0.29) is 42.0 Å². The van der Waals surface area contributed by atoms with Crippen molar-refractivity contribution in [3.8, 4) is 0 Å². The smallest absolute Gasteiger partial charge is 0.332 e. The van der Waals surface area contributed by atoms with Crippen LogP contribution in [0.25, 0.3) is 11.2 Å². The quantitative estimate of drug-likeness (QED) is 0.603. The van der Waals surface area contributed by atoms with Crippen molar-refractivity contribution in [1.82, 2.24) is 23.6 Å². The van der Waals surface area contributed by atoms with Crippen LogP contribution in [0.3, 0.4) is 0 Å². The van der Waals surface area contributed by atoms with Crippen molar-refractivity contribution in [2.24, 2.45) is 25.7 Å². The lowest BCUT2D eigenvalue weighted by molar-refractivity contribution is -0.197. The summed E-state index contributed by atoms with van der Waals surface area (Å²) in [6.07, 6.45) is 3.05. The first-order valence-corrected chi connectivity index (χ1v) is 11.4. The van der Waals surface area contributed by atoms with Crippen LogP contribution in [0.5, 0.6) is 0 Å². The number of ether oxygens (including phenoxy) is 1. The van der Waals surface area contributed by atoms with Gasteiger partial charge in [0.25, 0.3) is 5.56 Å². The van der Waals surface area contributed by atoms with E-state index in [1.165, 1.54) is 17.9 Å². The molecule has 0 bridgehead atoms. The first-order valence-electron chi connectivity index (χ1n) is 11.4. The van der Waals surface area contributed by atoms with Gasteiger partial charge >= 0.3 is 5.69 Å². The molecule has 3 atom stereocenters. The monoisotopic (exact) mass is 498 g/mol. The number of imidazole rings is 1. The zero-order chi connectivity index (χ0) is 24.3. The molecule has 0 unspecified atom stereocenters. The van der Waals surface area contributed by atoms with Gasteiger partial charge < -0.3 is 25.0 Å². The fraction of sp³-hybridized carbons (Fsp3) is 0.727. The highest BCUT2D eigenvalue weighted by Gasteiger charge is 2.50. The van der Waals surface area contributed by atoms with Gasteiger partial charge in [-0.25, -0.2) is 9.78 Å². The van der Waals surface area contributed by atoms with E-state index in [1.54, 1.807) is 23.4 Å². The number of carbonyl (C=O) groups excluding carboxylic acids is 1. The largest absolute Gasteiger partial charge is 0.388 e. The molecule has 2 aromatic rings. The zero-order valence-corrected chi connectivity index (χ0v) is 21.2.